The number of piperidine rings is 1. The summed E-state index contributed by atoms with van der Waals surface area (Å²) in [4.78, 5) is 11.3. The van der Waals surface area contributed by atoms with Gasteiger partial charge in [-0.25, -0.2) is 9.97 Å². The number of fused-ring (bicyclic) bond motifs is 1. The molecule has 2 aliphatic rings. The van der Waals surface area contributed by atoms with E-state index in [-0.39, 0.29) is 0 Å². The monoisotopic (exact) mass is 310 g/mol. The molecule has 1 aromatic heterocycles. The Morgan fingerprint density at radius 2 is 2.22 bits per heavy atom. The van der Waals surface area contributed by atoms with Crippen molar-refractivity contribution in [2.75, 3.05) is 18.4 Å². The molecule has 4 nitrogen and oxygen atoms in total. The van der Waals surface area contributed by atoms with Gasteiger partial charge in [0.2, 0.25) is 0 Å². The second kappa shape index (κ2) is 5.13. The molecule has 98 valence electrons. The SMILES string of the molecule is Cc1nc(Br)cc(NC2CCN3CCCC3C2)n1. The molecule has 0 aliphatic carbocycles. The van der Waals surface area contributed by atoms with Gasteiger partial charge in [-0.1, -0.05) is 0 Å². The number of anilines is 1. The van der Waals surface area contributed by atoms with Crippen molar-refractivity contribution in [2.24, 2.45) is 0 Å². The molecule has 3 rings (SSSR count). The molecular formula is C13H19BrN4. The fourth-order valence-electron chi connectivity index (χ4n) is 3.17. The summed E-state index contributed by atoms with van der Waals surface area (Å²) in [6.07, 6.45) is 5.21. The van der Waals surface area contributed by atoms with Crippen LogP contribution in [0.25, 0.3) is 0 Å². The molecule has 2 unspecified atom stereocenters. The Bertz CT molecular complexity index is 417. The number of aryl methyl sites for hydroxylation is 1. The summed E-state index contributed by atoms with van der Waals surface area (Å²) in [7, 11) is 0. The number of nitrogens with zero attached hydrogens (tertiary/aromatic N) is 3. The normalized spacial score (nSPS) is 28.1. The maximum absolute atomic E-state index is 4.45. The van der Waals surface area contributed by atoms with E-state index < -0.39 is 0 Å². The third-order valence-corrected chi connectivity index (χ3v) is 4.39. The minimum atomic E-state index is 0.561. The second-order valence-corrected chi connectivity index (χ2v) is 6.13. The van der Waals surface area contributed by atoms with E-state index in [1.807, 2.05) is 13.0 Å². The highest BCUT2D eigenvalue weighted by Crippen LogP contribution is 2.28. The fraction of sp³-hybridized carbons (Fsp3) is 0.692. The largest absolute Gasteiger partial charge is 0.367 e. The topological polar surface area (TPSA) is 41.1 Å². The number of halogens is 1. The van der Waals surface area contributed by atoms with Crippen molar-refractivity contribution in [3.8, 4) is 0 Å². The molecule has 0 amide bonds. The first-order chi connectivity index (χ1) is 8.70. The molecule has 0 bridgehead atoms. The third kappa shape index (κ3) is 2.67. The van der Waals surface area contributed by atoms with Gasteiger partial charge in [-0.3, -0.25) is 0 Å². The minimum absolute atomic E-state index is 0.561. The van der Waals surface area contributed by atoms with Crippen molar-refractivity contribution >= 4 is 21.7 Å². The lowest BCUT2D eigenvalue weighted by atomic mass is 9.97. The molecule has 0 saturated carbocycles. The molecule has 0 radical (unpaired) electrons. The standard InChI is InChI=1S/C13H19BrN4/c1-9-15-12(14)8-13(16-9)17-10-4-6-18-5-2-3-11(18)7-10/h8,10-11H,2-7H2,1H3,(H,15,16,17). The van der Waals surface area contributed by atoms with Gasteiger partial charge in [-0.2, -0.15) is 0 Å². The first kappa shape index (κ1) is 12.4. The highest BCUT2D eigenvalue weighted by Gasteiger charge is 2.31. The summed E-state index contributed by atoms with van der Waals surface area (Å²) in [6.45, 7) is 4.46. The Morgan fingerprint density at radius 1 is 1.33 bits per heavy atom. The third-order valence-electron chi connectivity index (χ3n) is 3.98. The highest BCUT2D eigenvalue weighted by atomic mass is 79.9. The summed E-state index contributed by atoms with van der Waals surface area (Å²) in [5.41, 5.74) is 0. The van der Waals surface area contributed by atoms with Crippen LogP contribution in [-0.2, 0) is 0 Å². The van der Waals surface area contributed by atoms with Crippen molar-refractivity contribution in [1.82, 2.24) is 14.9 Å². The maximum Gasteiger partial charge on any atom is 0.131 e. The molecule has 2 fully saturated rings. The molecule has 18 heavy (non-hydrogen) atoms. The van der Waals surface area contributed by atoms with Crippen LogP contribution < -0.4 is 5.32 Å². The van der Waals surface area contributed by atoms with Crippen molar-refractivity contribution < 1.29 is 0 Å². The first-order valence-electron chi connectivity index (χ1n) is 6.72. The molecule has 2 saturated heterocycles. The van der Waals surface area contributed by atoms with E-state index in [0.717, 1.165) is 22.3 Å². The smallest absolute Gasteiger partial charge is 0.131 e. The summed E-state index contributed by atoms with van der Waals surface area (Å²) >= 11 is 3.42. The second-order valence-electron chi connectivity index (χ2n) is 5.32. The average Bonchev–Trinajstić information content (AvgIpc) is 2.74. The average molecular weight is 311 g/mol. The van der Waals surface area contributed by atoms with Gasteiger partial charge >= 0.3 is 0 Å². The molecule has 0 aromatic carbocycles. The summed E-state index contributed by atoms with van der Waals surface area (Å²) < 4.78 is 0.857. The molecule has 1 N–H and O–H groups in total. The van der Waals surface area contributed by atoms with Gasteiger partial charge in [0.1, 0.15) is 16.2 Å². The lowest BCUT2D eigenvalue weighted by Gasteiger charge is -2.35. The number of nitrogens with one attached hydrogen (secondary N) is 1. The maximum atomic E-state index is 4.45. The van der Waals surface area contributed by atoms with E-state index >= 15 is 0 Å². The summed E-state index contributed by atoms with van der Waals surface area (Å²) in [5.74, 6) is 1.76. The van der Waals surface area contributed by atoms with E-state index in [1.165, 1.54) is 38.8 Å². The fourth-order valence-corrected chi connectivity index (χ4v) is 3.64. The lowest BCUT2D eigenvalue weighted by Crippen LogP contribution is -2.42. The Labute approximate surface area is 116 Å². The summed E-state index contributed by atoms with van der Waals surface area (Å²) in [5, 5.41) is 3.57. The molecule has 2 atom stereocenters. The van der Waals surface area contributed by atoms with E-state index in [4.69, 9.17) is 0 Å². The van der Waals surface area contributed by atoms with Gasteiger partial charge < -0.3 is 10.2 Å². The van der Waals surface area contributed by atoms with Crippen LogP contribution in [0, 0.1) is 6.92 Å². The molecule has 1 aromatic rings. The van der Waals surface area contributed by atoms with Crippen molar-refractivity contribution in [3.05, 3.63) is 16.5 Å². The Balaban J connectivity index is 1.65. The van der Waals surface area contributed by atoms with Crippen LogP contribution in [0.15, 0.2) is 10.7 Å². The van der Waals surface area contributed by atoms with E-state index in [9.17, 15) is 0 Å². The zero-order valence-corrected chi connectivity index (χ0v) is 12.3. The molecule has 5 heteroatoms. The van der Waals surface area contributed by atoms with Gasteiger partial charge in [0.25, 0.3) is 0 Å². The summed E-state index contributed by atoms with van der Waals surface area (Å²) in [6, 6.07) is 3.32. The van der Waals surface area contributed by atoms with Crippen LogP contribution in [0.1, 0.15) is 31.5 Å². The lowest BCUT2D eigenvalue weighted by molar-refractivity contribution is 0.188. The van der Waals surface area contributed by atoms with Crippen LogP contribution in [0.5, 0.6) is 0 Å². The van der Waals surface area contributed by atoms with Crippen molar-refractivity contribution in [3.63, 3.8) is 0 Å². The van der Waals surface area contributed by atoms with Crippen LogP contribution >= 0.6 is 15.9 Å². The predicted octanol–water partition coefficient (Wildman–Crippen LogP) is 2.59. The Kier molecular flexibility index (Phi) is 3.52. The predicted molar refractivity (Wildman–Crippen MR) is 75.7 cm³/mol. The minimum Gasteiger partial charge on any atom is -0.367 e. The van der Waals surface area contributed by atoms with Crippen LogP contribution in [-0.4, -0.2) is 40.0 Å². The van der Waals surface area contributed by atoms with Crippen LogP contribution in [0.2, 0.25) is 0 Å². The zero-order chi connectivity index (χ0) is 12.5. The molecule has 3 heterocycles. The molecular weight excluding hydrogens is 292 g/mol. The van der Waals surface area contributed by atoms with Gasteiger partial charge in [0, 0.05) is 24.7 Å². The van der Waals surface area contributed by atoms with Crippen LogP contribution in [0.4, 0.5) is 5.82 Å². The van der Waals surface area contributed by atoms with Gasteiger partial charge in [0.05, 0.1) is 0 Å². The molecule has 2 aliphatic heterocycles. The highest BCUT2D eigenvalue weighted by molar-refractivity contribution is 9.10. The van der Waals surface area contributed by atoms with E-state index in [0.29, 0.717) is 6.04 Å². The first-order valence-corrected chi connectivity index (χ1v) is 7.52. The van der Waals surface area contributed by atoms with Gasteiger partial charge in [-0.05, 0) is 55.1 Å². The van der Waals surface area contributed by atoms with Crippen LogP contribution in [0.3, 0.4) is 0 Å². The molecule has 0 spiro atoms. The van der Waals surface area contributed by atoms with E-state index in [2.05, 4.69) is 36.1 Å². The van der Waals surface area contributed by atoms with Gasteiger partial charge in [0.15, 0.2) is 0 Å². The number of hydrogen-bond acceptors (Lipinski definition) is 4. The van der Waals surface area contributed by atoms with Crippen molar-refractivity contribution in [1.29, 1.82) is 0 Å². The number of rotatable bonds is 2. The number of hydrogen-bond donors (Lipinski definition) is 1. The van der Waals surface area contributed by atoms with Gasteiger partial charge in [-0.15, -0.1) is 0 Å². The quantitative estimate of drug-likeness (QED) is 0.853. The Hall–Kier alpha value is -0.680. The Morgan fingerprint density at radius 3 is 3.06 bits per heavy atom. The van der Waals surface area contributed by atoms with E-state index in [1.54, 1.807) is 0 Å². The zero-order valence-electron chi connectivity index (χ0n) is 10.7. The van der Waals surface area contributed by atoms with Crippen molar-refractivity contribution in [2.45, 2.75) is 44.7 Å². The number of aromatic nitrogens is 2.